The molecule has 100 valence electrons. The van der Waals surface area contributed by atoms with E-state index < -0.39 is 6.09 Å². The maximum atomic E-state index is 12.3. The van der Waals surface area contributed by atoms with Crippen LogP contribution in [-0.2, 0) is 0 Å². The molecule has 1 aliphatic rings. The minimum absolute atomic E-state index is 0.0599. The van der Waals surface area contributed by atoms with Crippen LogP contribution in [0, 0.1) is 0 Å². The molecule has 1 aromatic rings. The zero-order chi connectivity index (χ0) is 13.8. The summed E-state index contributed by atoms with van der Waals surface area (Å²) in [5.74, 6) is 5.23. The van der Waals surface area contributed by atoms with Crippen molar-refractivity contribution in [3.8, 4) is 0 Å². The maximum absolute atomic E-state index is 12.3. The number of nitrogens with zero attached hydrogens (tertiary/aromatic N) is 2. The predicted molar refractivity (Wildman–Crippen MR) is 69.3 cm³/mol. The molecule has 6 heteroatoms. The van der Waals surface area contributed by atoms with Gasteiger partial charge in [-0.3, -0.25) is 4.79 Å². The molecule has 6 nitrogen and oxygen atoms in total. The van der Waals surface area contributed by atoms with Crippen molar-refractivity contribution in [3.63, 3.8) is 0 Å². The number of hydrogen-bond acceptors (Lipinski definition) is 3. The molecular formula is C13H15N3O3. The summed E-state index contributed by atoms with van der Waals surface area (Å²) in [5.41, 5.74) is 0.579. The molecule has 0 aromatic heterocycles. The molecule has 0 fully saturated rings. The summed E-state index contributed by atoms with van der Waals surface area (Å²) in [6, 6.07) is 8.55. The molecule has 0 aliphatic carbocycles. The minimum atomic E-state index is -1.22. The molecule has 0 saturated heterocycles. The highest BCUT2D eigenvalue weighted by Gasteiger charge is 2.27. The number of carboxylic acid groups (broad SMARTS) is 1. The van der Waals surface area contributed by atoms with Crippen molar-refractivity contribution >= 4 is 12.0 Å². The average molecular weight is 261 g/mol. The van der Waals surface area contributed by atoms with Crippen LogP contribution in [0.2, 0.25) is 0 Å². The first-order valence-electron chi connectivity index (χ1n) is 5.87. The summed E-state index contributed by atoms with van der Waals surface area (Å²) >= 11 is 0. The van der Waals surface area contributed by atoms with Gasteiger partial charge >= 0.3 is 6.09 Å². The number of amides is 2. The van der Waals surface area contributed by atoms with E-state index in [4.69, 9.17) is 10.9 Å². The first-order valence-corrected chi connectivity index (χ1v) is 5.87. The monoisotopic (exact) mass is 261 g/mol. The fraction of sp³-hybridized carbons (Fsp3) is 0.231. The average Bonchev–Trinajstić information content (AvgIpc) is 2.87. The Morgan fingerprint density at radius 2 is 2.05 bits per heavy atom. The SMILES string of the molecule is NN(C[C@@H]1C=CCN1C(=O)c1ccccc1)C(=O)O. The highest BCUT2D eigenvalue weighted by molar-refractivity contribution is 5.94. The molecular weight excluding hydrogens is 246 g/mol. The lowest BCUT2D eigenvalue weighted by molar-refractivity contribution is 0.0711. The molecule has 1 aromatic carbocycles. The van der Waals surface area contributed by atoms with Crippen LogP contribution in [0.3, 0.4) is 0 Å². The smallest absolute Gasteiger partial charge is 0.421 e. The summed E-state index contributed by atoms with van der Waals surface area (Å²) in [5, 5.41) is 9.44. The quantitative estimate of drug-likeness (QED) is 0.366. The number of hydrazine groups is 1. The lowest BCUT2D eigenvalue weighted by Gasteiger charge is -2.27. The lowest BCUT2D eigenvalue weighted by atomic mass is 10.2. The molecule has 0 saturated carbocycles. The number of benzene rings is 1. The van der Waals surface area contributed by atoms with Crippen LogP contribution in [0.25, 0.3) is 0 Å². The number of nitrogens with two attached hydrogens (primary N) is 1. The summed E-state index contributed by atoms with van der Waals surface area (Å²) in [4.78, 5) is 24.6. The molecule has 2 amide bonds. The molecule has 1 aliphatic heterocycles. The van der Waals surface area contributed by atoms with Crippen molar-refractivity contribution in [2.45, 2.75) is 6.04 Å². The van der Waals surface area contributed by atoms with Gasteiger partial charge in [0, 0.05) is 12.1 Å². The van der Waals surface area contributed by atoms with Crippen LogP contribution in [-0.4, -0.2) is 46.1 Å². The van der Waals surface area contributed by atoms with E-state index >= 15 is 0 Å². The standard InChI is InChI=1S/C13H15N3O3/c14-16(13(18)19)9-11-7-4-8-15(11)12(17)10-5-2-1-3-6-10/h1-7,11H,8-9,14H2,(H,18,19)/t11-/m0/s1. The Hall–Kier alpha value is -2.34. The van der Waals surface area contributed by atoms with Crippen molar-refractivity contribution < 1.29 is 14.7 Å². The number of carbonyl (C=O) groups excluding carboxylic acids is 1. The third-order valence-corrected chi connectivity index (χ3v) is 2.97. The van der Waals surface area contributed by atoms with Gasteiger partial charge in [0.25, 0.3) is 5.91 Å². The van der Waals surface area contributed by atoms with Gasteiger partial charge < -0.3 is 10.0 Å². The van der Waals surface area contributed by atoms with Gasteiger partial charge in [-0.15, -0.1) is 0 Å². The van der Waals surface area contributed by atoms with E-state index in [1.165, 1.54) is 0 Å². The van der Waals surface area contributed by atoms with E-state index in [-0.39, 0.29) is 18.5 Å². The van der Waals surface area contributed by atoms with Crippen LogP contribution in [0.4, 0.5) is 4.79 Å². The van der Waals surface area contributed by atoms with E-state index in [2.05, 4.69) is 0 Å². The molecule has 0 spiro atoms. The number of hydrogen-bond donors (Lipinski definition) is 2. The van der Waals surface area contributed by atoms with Crippen LogP contribution in [0.15, 0.2) is 42.5 Å². The van der Waals surface area contributed by atoms with Gasteiger partial charge in [0.15, 0.2) is 0 Å². The number of rotatable bonds is 3. The molecule has 0 radical (unpaired) electrons. The second kappa shape index (κ2) is 5.53. The van der Waals surface area contributed by atoms with Gasteiger partial charge in [-0.1, -0.05) is 30.4 Å². The van der Waals surface area contributed by atoms with Crippen molar-refractivity contribution in [2.75, 3.05) is 13.1 Å². The van der Waals surface area contributed by atoms with E-state index in [1.54, 1.807) is 35.2 Å². The molecule has 2 rings (SSSR count). The second-order valence-electron chi connectivity index (χ2n) is 4.25. The molecule has 1 atom stereocenters. The summed E-state index contributed by atoms with van der Waals surface area (Å²) in [7, 11) is 0. The van der Waals surface area contributed by atoms with E-state index in [0.717, 1.165) is 0 Å². The Morgan fingerprint density at radius 3 is 2.68 bits per heavy atom. The van der Waals surface area contributed by atoms with Gasteiger partial charge in [-0.2, -0.15) is 0 Å². The molecule has 3 N–H and O–H groups in total. The summed E-state index contributed by atoms with van der Waals surface area (Å²) < 4.78 is 0. The second-order valence-corrected chi connectivity index (χ2v) is 4.25. The summed E-state index contributed by atoms with van der Waals surface area (Å²) in [6.45, 7) is 0.524. The Morgan fingerprint density at radius 1 is 1.37 bits per heavy atom. The topological polar surface area (TPSA) is 86.9 Å². The van der Waals surface area contributed by atoms with Crippen molar-refractivity contribution in [1.29, 1.82) is 0 Å². The fourth-order valence-corrected chi connectivity index (χ4v) is 1.99. The maximum Gasteiger partial charge on any atom is 0.421 e. The first-order chi connectivity index (χ1) is 9.09. The Kier molecular flexibility index (Phi) is 3.82. The predicted octanol–water partition coefficient (Wildman–Crippen LogP) is 0.921. The largest absolute Gasteiger partial charge is 0.464 e. The van der Waals surface area contributed by atoms with Crippen LogP contribution in [0.5, 0.6) is 0 Å². The first kappa shape index (κ1) is 13.1. The van der Waals surface area contributed by atoms with Crippen molar-refractivity contribution in [3.05, 3.63) is 48.0 Å². The Balaban J connectivity index is 2.08. The van der Waals surface area contributed by atoms with Gasteiger partial charge in [0.1, 0.15) is 0 Å². The molecule has 19 heavy (non-hydrogen) atoms. The van der Waals surface area contributed by atoms with E-state index in [0.29, 0.717) is 17.1 Å². The minimum Gasteiger partial charge on any atom is -0.464 e. The third kappa shape index (κ3) is 2.92. The van der Waals surface area contributed by atoms with Crippen LogP contribution < -0.4 is 5.84 Å². The van der Waals surface area contributed by atoms with Gasteiger partial charge in [0.2, 0.25) is 0 Å². The third-order valence-electron chi connectivity index (χ3n) is 2.97. The summed E-state index contributed by atoms with van der Waals surface area (Å²) in [6.07, 6.45) is 2.41. The highest BCUT2D eigenvalue weighted by Crippen LogP contribution is 2.15. The molecule has 0 unspecified atom stereocenters. The van der Waals surface area contributed by atoms with Crippen LogP contribution >= 0.6 is 0 Å². The normalized spacial score (nSPS) is 17.5. The van der Waals surface area contributed by atoms with Crippen LogP contribution in [0.1, 0.15) is 10.4 Å². The fourth-order valence-electron chi connectivity index (χ4n) is 1.99. The highest BCUT2D eigenvalue weighted by atomic mass is 16.4. The van der Waals surface area contributed by atoms with E-state index in [9.17, 15) is 9.59 Å². The zero-order valence-corrected chi connectivity index (χ0v) is 10.3. The lowest BCUT2D eigenvalue weighted by Crippen LogP contribution is -2.47. The zero-order valence-electron chi connectivity index (χ0n) is 10.3. The van der Waals surface area contributed by atoms with E-state index in [1.807, 2.05) is 12.1 Å². The molecule has 0 bridgehead atoms. The van der Waals surface area contributed by atoms with Crippen molar-refractivity contribution in [1.82, 2.24) is 9.91 Å². The van der Waals surface area contributed by atoms with Gasteiger partial charge in [-0.25, -0.2) is 15.6 Å². The van der Waals surface area contributed by atoms with Gasteiger partial charge in [0.05, 0.1) is 12.6 Å². The Bertz CT molecular complexity index is 501. The van der Waals surface area contributed by atoms with Gasteiger partial charge in [-0.05, 0) is 12.1 Å². The number of carbonyl (C=O) groups is 2. The molecule has 1 heterocycles. The van der Waals surface area contributed by atoms with Crippen molar-refractivity contribution in [2.24, 2.45) is 5.84 Å². The Labute approximate surface area is 110 Å².